The number of nitrogens with zero attached hydrogens (tertiary/aromatic N) is 2. The van der Waals surface area contributed by atoms with Gasteiger partial charge in [-0.05, 0) is 31.7 Å². The molecular formula is C16H14FN3O3. The number of hydrogen-bond donors (Lipinski definition) is 1. The highest BCUT2D eigenvalue weighted by Gasteiger charge is 2.28. The first-order valence-corrected chi connectivity index (χ1v) is 7.25. The Labute approximate surface area is 130 Å². The van der Waals surface area contributed by atoms with Gasteiger partial charge in [0.15, 0.2) is 12.0 Å². The molecule has 3 rings (SSSR count). The largest absolute Gasteiger partial charge is 0.450 e. The Bertz CT molecular complexity index is 894. The molecule has 1 saturated carbocycles. The third kappa shape index (κ3) is 2.93. The van der Waals surface area contributed by atoms with Crippen molar-refractivity contribution in [3.63, 3.8) is 0 Å². The summed E-state index contributed by atoms with van der Waals surface area (Å²) in [6.45, 7) is 1.33. The van der Waals surface area contributed by atoms with Crippen molar-refractivity contribution in [2.24, 2.45) is 0 Å². The van der Waals surface area contributed by atoms with Gasteiger partial charge in [0.1, 0.15) is 17.5 Å². The van der Waals surface area contributed by atoms with Gasteiger partial charge in [0, 0.05) is 11.3 Å². The van der Waals surface area contributed by atoms with E-state index in [1.807, 2.05) is 0 Å². The molecule has 0 bridgehead atoms. The fourth-order valence-corrected chi connectivity index (χ4v) is 2.55. The van der Waals surface area contributed by atoms with Gasteiger partial charge in [0.05, 0.1) is 17.5 Å². The van der Waals surface area contributed by atoms with Crippen LogP contribution < -0.4 is 5.43 Å². The van der Waals surface area contributed by atoms with E-state index in [4.69, 9.17) is 5.26 Å². The van der Waals surface area contributed by atoms with E-state index in [0.717, 1.165) is 24.6 Å². The van der Waals surface area contributed by atoms with Gasteiger partial charge in [0.25, 0.3) is 0 Å². The fourth-order valence-electron chi connectivity index (χ4n) is 2.55. The lowest BCUT2D eigenvalue weighted by molar-refractivity contribution is -0.141. The number of aromatic nitrogens is 2. The van der Waals surface area contributed by atoms with E-state index in [2.05, 4.69) is 14.7 Å². The number of nitriles is 1. The predicted molar refractivity (Wildman–Crippen MR) is 79.3 cm³/mol. The molecule has 118 valence electrons. The van der Waals surface area contributed by atoms with E-state index in [9.17, 15) is 14.0 Å². The minimum atomic E-state index is -0.742. The molecule has 2 aromatic rings. The summed E-state index contributed by atoms with van der Waals surface area (Å²) in [5.41, 5.74) is 1.33. The lowest BCUT2D eigenvalue weighted by Gasteiger charge is -2.09. The van der Waals surface area contributed by atoms with E-state index < -0.39 is 24.8 Å². The second kappa shape index (κ2) is 5.80. The van der Waals surface area contributed by atoms with Crippen molar-refractivity contribution in [1.82, 2.24) is 9.97 Å². The maximum absolute atomic E-state index is 14.1. The Morgan fingerprint density at radius 1 is 1.57 bits per heavy atom. The number of carbonyl (C=O) groups is 1. The van der Waals surface area contributed by atoms with Crippen molar-refractivity contribution in [3.8, 4) is 6.07 Å². The third-order valence-electron chi connectivity index (χ3n) is 3.89. The van der Waals surface area contributed by atoms with Crippen molar-refractivity contribution in [1.29, 1.82) is 5.26 Å². The second-order valence-electron chi connectivity index (χ2n) is 5.58. The minimum absolute atomic E-state index is 0.110. The maximum atomic E-state index is 14.1. The molecule has 6 nitrogen and oxygen atoms in total. The Morgan fingerprint density at radius 2 is 2.30 bits per heavy atom. The van der Waals surface area contributed by atoms with Crippen molar-refractivity contribution in [2.45, 2.75) is 32.1 Å². The van der Waals surface area contributed by atoms with Crippen LogP contribution in [0.5, 0.6) is 0 Å². The molecule has 1 fully saturated rings. The number of H-pyrrole nitrogens is 1. The molecule has 0 radical (unpaired) electrons. The van der Waals surface area contributed by atoms with Crippen LogP contribution in [0, 0.1) is 24.1 Å². The van der Waals surface area contributed by atoms with Gasteiger partial charge in [-0.15, -0.1) is 0 Å². The highest BCUT2D eigenvalue weighted by Crippen LogP contribution is 2.40. The van der Waals surface area contributed by atoms with Gasteiger partial charge in [0.2, 0.25) is 0 Å². The van der Waals surface area contributed by atoms with E-state index in [1.54, 1.807) is 13.0 Å². The SMILES string of the molecule is Cc1c(C2CC2)[nH]c2nc(CC(=O)OCC#N)c(F)cc2c1=O. The van der Waals surface area contributed by atoms with Crippen LogP contribution in [0.1, 0.15) is 35.7 Å². The number of halogens is 1. The number of carbonyl (C=O) groups excluding carboxylic acids is 1. The Kier molecular flexibility index (Phi) is 3.82. The van der Waals surface area contributed by atoms with E-state index in [0.29, 0.717) is 11.5 Å². The number of hydrogen-bond acceptors (Lipinski definition) is 5. The molecule has 0 atom stereocenters. The number of rotatable bonds is 4. The molecule has 7 heteroatoms. The summed E-state index contributed by atoms with van der Waals surface area (Å²) < 4.78 is 18.7. The first-order chi connectivity index (χ1) is 11.0. The van der Waals surface area contributed by atoms with Crippen LogP contribution in [0.3, 0.4) is 0 Å². The highest BCUT2D eigenvalue weighted by atomic mass is 19.1. The lowest BCUT2D eigenvalue weighted by atomic mass is 10.1. The molecular weight excluding hydrogens is 301 g/mol. The number of aromatic amines is 1. The van der Waals surface area contributed by atoms with Crippen molar-refractivity contribution in [3.05, 3.63) is 39.1 Å². The molecule has 2 heterocycles. The number of ether oxygens (including phenoxy) is 1. The summed E-state index contributed by atoms with van der Waals surface area (Å²) in [7, 11) is 0. The van der Waals surface area contributed by atoms with E-state index in [1.165, 1.54) is 0 Å². The molecule has 1 aliphatic carbocycles. The maximum Gasteiger partial charge on any atom is 0.313 e. The van der Waals surface area contributed by atoms with Crippen LogP contribution in [-0.4, -0.2) is 22.5 Å². The van der Waals surface area contributed by atoms with Crippen LogP contribution in [-0.2, 0) is 16.0 Å². The molecule has 0 saturated heterocycles. The molecule has 23 heavy (non-hydrogen) atoms. The lowest BCUT2D eigenvalue weighted by Crippen LogP contribution is -2.15. The van der Waals surface area contributed by atoms with Gasteiger partial charge in [-0.1, -0.05) is 0 Å². The number of fused-ring (bicyclic) bond motifs is 1. The van der Waals surface area contributed by atoms with Crippen molar-refractivity contribution >= 4 is 17.0 Å². The zero-order valence-corrected chi connectivity index (χ0v) is 12.5. The predicted octanol–water partition coefficient (Wildman–Crippen LogP) is 1.86. The van der Waals surface area contributed by atoms with E-state index in [-0.39, 0.29) is 22.2 Å². The second-order valence-corrected chi connectivity index (χ2v) is 5.58. The van der Waals surface area contributed by atoms with E-state index >= 15 is 0 Å². The minimum Gasteiger partial charge on any atom is -0.450 e. The molecule has 0 spiro atoms. The summed E-state index contributed by atoms with van der Waals surface area (Å²) in [6.07, 6.45) is 1.63. The zero-order chi connectivity index (χ0) is 16.6. The van der Waals surface area contributed by atoms with Crippen LogP contribution in [0.2, 0.25) is 0 Å². The Balaban J connectivity index is 2.03. The molecule has 1 aliphatic rings. The zero-order valence-electron chi connectivity index (χ0n) is 12.5. The number of nitrogens with one attached hydrogen (secondary N) is 1. The first kappa shape index (κ1) is 15.2. The first-order valence-electron chi connectivity index (χ1n) is 7.25. The summed E-state index contributed by atoms with van der Waals surface area (Å²) in [5.74, 6) is -1.16. The van der Waals surface area contributed by atoms with Crippen LogP contribution >= 0.6 is 0 Å². The quantitative estimate of drug-likeness (QED) is 0.869. The standard InChI is InChI=1S/C16H14FN3O3/c1-8-14(9-2-3-9)20-16-10(15(8)22)6-11(17)12(19-16)7-13(21)23-5-4-18/h6,9H,2-3,5,7H2,1H3,(H,19,20,22). The average Bonchev–Trinajstić information content (AvgIpc) is 3.35. The van der Waals surface area contributed by atoms with Gasteiger partial charge in [-0.25, -0.2) is 9.37 Å². The Hall–Kier alpha value is -2.75. The number of pyridine rings is 2. The molecule has 0 amide bonds. The van der Waals surface area contributed by atoms with Gasteiger partial charge in [-0.2, -0.15) is 5.26 Å². The Morgan fingerprint density at radius 3 is 2.96 bits per heavy atom. The van der Waals surface area contributed by atoms with Gasteiger partial charge in [-0.3, -0.25) is 9.59 Å². The normalized spacial score (nSPS) is 13.8. The molecule has 2 aromatic heterocycles. The molecule has 0 aromatic carbocycles. The molecule has 0 aliphatic heterocycles. The van der Waals surface area contributed by atoms with Crippen molar-refractivity contribution in [2.75, 3.05) is 6.61 Å². The highest BCUT2D eigenvalue weighted by molar-refractivity contribution is 5.78. The van der Waals surface area contributed by atoms with Gasteiger partial charge >= 0.3 is 5.97 Å². The van der Waals surface area contributed by atoms with Crippen LogP contribution in [0.4, 0.5) is 4.39 Å². The monoisotopic (exact) mass is 315 g/mol. The summed E-state index contributed by atoms with van der Waals surface area (Å²) in [6, 6.07) is 2.76. The van der Waals surface area contributed by atoms with Crippen LogP contribution in [0.15, 0.2) is 10.9 Å². The molecule has 1 N–H and O–H groups in total. The third-order valence-corrected chi connectivity index (χ3v) is 3.89. The summed E-state index contributed by atoms with van der Waals surface area (Å²) in [4.78, 5) is 31.0. The number of esters is 1. The van der Waals surface area contributed by atoms with Gasteiger partial charge < -0.3 is 9.72 Å². The topological polar surface area (TPSA) is 95.8 Å². The van der Waals surface area contributed by atoms with Crippen LogP contribution in [0.25, 0.3) is 11.0 Å². The summed E-state index contributed by atoms with van der Waals surface area (Å²) >= 11 is 0. The average molecular weight is 315 g/mol. The van der Waals surface area contributed by atoms with Crippen molar-refractivity contribution < 1.29 is 13.9 Å². The smallest absolute Gasteiger partial charge is 0.313 e. The fraction of sp³-hybridized carbons (Fsp3) is 0.375. The summed E-state index contributed by atoms with van der Waals surface area (Å²) in [5, 5.41) is 8.53. The molecule has 0 unspecified atom stereocenters.